The fourth-order valence-corrected chi connectivity index (χ4v) is 2.52. The normalized spacial score (nSPS) is 22.8. The fraction of sp³-hybridized carbons (Fsp3) is 0.643. The smallest absolute Gasteiger partial charge is 0.128 e. The number of aromatic nitrogens is 1. The van der Waals surface area contributed by atoms with Crippen molar-refractivity contribution in [3.63, 3.8) is 0 Å². The zero-order valence-corrected chi connectivity index (χ0v) is 11.6. The molecule has 2 heterocycles. The molecule has 0 saturated carbocycles. The van der Waals surface area contributed by atoms with Crippen LogP contribution in [0.4, 0.5) is 5.82 Å². The van der Waals surface area contributed by atoms with Gasteiger partial charge in [0.25, 0.3) is 0 Å². The third kappa shape index (κ3) is 3.00. The van der Waals surface area contributed by atoms with Crippen LogP contribution < -0.4 is 10.6 Å². The first-order chi connectivity index (χ1) is 8.58. The lowest BCUT2D eigenvalue weighted by atomic mass is 10.0. The number of pyridine rings is 1. The molecule has 1 unspecified atom stereocenters. The number of anilines is 1. The minimum absolute atomic E-state index is 0.0534. The van der Waals surface area contributed by atoms with Crippen LogP contribution in [0.5, 0.6) is 0 Å². The maximum atomic E-state index is 5.84. The molecule has 4 heteroatoms. The second-order valence-corrected chi connectivity index (χ2v) is 5.41. The molecule has 2 rings (SSSR count). The Morgan fingerprint density at radius 2 is 2.28 bits per heavy atom. The van der Waals surface area contributed by atoms with Crippen molar-refractivity contribution in [3.05, 3.63) is 23.9 Å². The van der Waals surface area contributed by atoms with Crippen molar-refractivity contribution in [3.8, 4) is 0 Å². The van der Waals surface area contributed by atoms with Gasteiger partial charge in [-0.2, -0.15) is 0 Å². The number of rotatable bonds is 3. The van der Waals surface area contributed by atoms with E-state index in [0.717, 1.165) is 17.9 Å². The summed E-state index contributed by atoms with van der Waals surface area (Å²) < 4.78 is 0. The van der Waals surface area contributed by atoms with E-state index in [9.17, 15) is 0 Å². The average Bonchev–Trinajstić information content (AvgIpc) is 2.38. The zero-order chi connectivity index (χ0) is 13.1. The van der Waals surface area contributed by atoms with Gasteiger partial charge in [0, 0.05) is 31.9 Å². The van der Waals surface area contributed by atoms with Gasteiger partial charge in [0.15, 0.2) is 0 Å². The molecule has 1 saturated heterocycles. The first kappa shape index (κ1) is 13.3. The Balaban J connectivity index is 2.05. The fourth-order valence-electron chi connectivity index (χ4n) is 2.52. The van der Waals surface area contributed by atoms with Crippen molar-refractivity contribution in [2.45, 2.75) is 31.8 Å². The van der Waals surface area contributed by atoms with Gasteiger partial charge in [0.1, 0.15) is 5.82 Å². The molecular weight excluding hydrogens is 224 g/mol. The summed E-state index contributed by atoms with van der Waals surface area (Å²) in [6.07, 6.45) is 4.41. The minimum atomic E-state index is 0.0534. The highest BCUT2D eigenvalue weighted by Gasteiger charge is 2.21. The topological polar surface area (TPSA) is 45.4 Å². The van der Waals surface area contributed by atoms with Crippen molar-refractivity contribution in [2.75, 3.05) is 32.1 Å². The van der Waals surface area contributed by atoms with E-state index >= 15 is 0 Å². The van der Waals surface area contributed by atoms with E-state index in [0.29, 0.717) is 6.04 Å². The molecular formula is C14H24N4. The molecule has 0 bridgehead atoms. The van der Waals surface area contributed by atoms with Gasteiger partial charge in [-0.25, -0.2) is 4.98 Å². The Labute approximate surface area is 110 Å². The van der Waals surface area contributed by atoms with Crippen LogP contribution in [0.1, 0.15) is 31.4 Å². The summed E-state index contributed by atoms with van der Waals surface area (Å²) in [5, 5.41) is 0. The Morgan fingerprint density at radius 3 is 2.83 bits per heavy atom. The molecule has 1 aliphatic rings. The Morgan fingerprint density at radius 1 is 1.50 bits per heavy atom. The van der Waals surface area contributed by atoms with E-state index in [-0.39, 0.29) is 6.04 Å². The lowest BCUT2D eigenvalue weighted by Crippen LogP contribution is -2.45. The highest BCUT2D eigenvalue weighted by Crippen LogP contribution is 2.20. The van der Waals surface area contributed by atoms with Crippen molar-refractivity contribution in [2.24, 2.45) is 5.73 Å². The maximum Gasteiger partial charge on any atom is 0.128 e. The van der Waals surface area contributed by atoms with E-state index in [1.165, 1.54) is 19.4 Å². The molecule has 0 aliphatic carbocycles. The lowest BCUT2D eigenvalue weighted by Gasteiger charge is -2.36. The summed E-state index contributed by atoms with van der Waals surface area (Å²) in [5.74, 6) is 1.04. The van der Waals surface area contributed by atoms with Gasteiger partial charge >= 0.3 is 0 Å². The molecule has 2 N–H and O–H groups in total. The third-order valence-electron chi connectivity index (χ3n) is 3.81. The van der Waals surface area contributed by atoms with Crippen LogP contribution >= 0.6 is 0 Å². The Hall–Kier alpha value is -1.13. The summed E-state index contributed by atoms with van der Waals surface area (Å²) in [7, 11) is 4.32. The van der Waals surface area contributed by atoms with Crippen molar-refractivity contribution < 1.29 is 0 Å². The highest BCUT2D eigenvalue weighted by molar-refractivity contribution is 5.40. The Kier molecular flexibility index (Phi) is 4.19. The van der Waals surface area contributed by atoms with E-state index in [1.807, 2.05) is 13.1 Å². The van der Waals surface area contributed by atoms with Gasteiger partial charge < -0.3 is 15.5 Å². The summed E-state index contributed by atoms with van der Waals surface area (Å²) >= 11 is 0. The first-order valence-corrected chi connectivity index (χ1v) is 6.71. The van der Waals surface area contributed by atoms with Crippen LogP contribution in [0.2, 0.25) is 0 Å². The molecule has 0 spiro atoms. The molecule has 1 aromatic heterocycles. The number of nitrogens with two attached hydrogens (primary N) is 1. The van der Waals surface area contributed by atoms with Crippen molar-refractivity contribution in [1.29, 1.82) is 0 Å². The molecule has 2 atom stereocenters. The second-order valence-electron chi connectivity index (χ2n) is 5.41. The highest BCUT2D eigenvalue weighted by atomic mass is 15.2. The predicted octanol–water partition coefficient (Wildman–Crippen LogP) is 1.63. The van der Waals surface area contributed by atoms with Crippen molar-refractivity contribution >= 4 is 5.82 Å². The third-order valence-corrected chi connectivity index (χ3v) is 3.81. The maximum absolute atomic E-state index is 5.84. The minimum Gasteiger partial charge on any atom is -0.355 e. The summed E-state index contributed by atoms with van der Waals surface area (Å²) in [5.41, 5.74) is 6.93. The van der Waals surface area contributed by atoms with Gasteiger partial charge in [-0.1, -0.05) is 6.07 Å². The molecule has 18 heavy (non-hydrogen) atoms. The summed E-state index contributed by atoms with van der Waals surface area (Å²) in [6.45, 7) is 4.31. The number of piperidine rings is 1. The standard InChI is InChI=1S/C14H24N4/c1-11(15)12-6-7-14(16-9-12)18(3)13-5-4-8-17(2)10-13/h6-7,9,11,13H,4-5,8,10,15H2,1-3H3/t11-,13?/m0/s1. The van der Waals surface area contributed by atoms with Gasteiger partial charge in [-0.3, -0.25) is 0 Å². The zero-order valence-electron chi connectivity index (χ0n) is 11.6. The SMILES string of the molecule is C[C@H](N)c1ccc(N(C)C2CCCN(C)C2)nc1. The number of nitrogens with zero attached hydrogens (tertiary/aromatic N) is 3. The van der Waals surface area contributed by atoms with Crippen LogP contribution in [0.15, 0.2) is 18.3 Å². The average molecular weight is 248 g/mol. The van der Waals surface area contributed by atoms with Gasteiger partial charge in [-0.05, 0) is 45.0 Å². The molecule has 100 valence electrons. The molecule has 1 aliphatic heterocycles. The van der Waals surface area contributed by atoms with Crippen molar-refractivity contribution in [1.82, 2.24) is 9.88 Å². The van der Waals surface area contributed by atoms with Crippen LogP contribution in [-0.4, -0.2) is 43.1 Å². The molecule has 1 aromatic rings. The molecule has 1 fully saturated rings. The van der Waals surface area contributed by atoms with E-state index in [1.54, 1.807) is 0 Å². The van der Waals surface area contributed by atoms with E-state index in [2.05, 4.69) is 41.0 Å². The van der Waals surface area contributed by atoms with Gasteiger partial charge in [0.2, 0.25) is 0 Å². The number of hydrogen-bond acceptors (Lipinski definition) is 4. The molecule has 4 nitrogen and oxygen atoms in total. The number of likely N-dealkylation sites (tertiary alicyclic amines) is 1. The molecule has 0 amide bonds. The summed E-state index contributed by atoms with van der Waals surface area (Å²) in [6, 6.07) is 4.78. The largest absolute Gasteiger partial charge is 0.355 e. The number of likely N-dealkylation sites (N-methyl/N-ethyl adjacent to an activating group) is 2. The lowest BCUT2D eigenvalue weighted by molar-refractivity contribution is 0.247. The monoisotopic (exact) mass is 248 g/mol. The molecule has 0 radical (unpaired) electrons. The summed E-state index contributed by atoms with van der Waals surface area (Å²) in [4.78, 5) is 9.21. The Bertz CT molecular complexity index is 374. The van der Waals surface area contributed by atoms with Crippen LogP contribution in [0.3, 0.4) is 0 Å². The second kappa shape index (κ2) is 5.67. The van der Waals surface area contributed by atoms with Gasteiger partial charge in [-0.15, -0.1) is 0 Å². The van der Waals surface area contributed by atoms with Gasteiger partial charge in [0.05, 0.1) is 0 Å². The van der Waals surface area contributed by atoms with E-state index in [4.69, 9.17) is 5.73 Å². The van der Waals surface area contributed by atoms with Crippen LogP contribution in [-0.2, 0) is 0 Å². The molecule has 0 aromatic carbocycles. The van der Waals surface area contributed by atoms with E-state index < -0.39 is 0 Å². The van der Waals surface area contributed by atoms with Crippen LogP contribution in [0, 0.1) is 0 Å². The number of hydrogen-bond donors (Lipinski definition) is 1. The van der Waals surface area contributed by atoms with Crippen LogP contribution in [0.25, 0.3) is 0 Å². The first-order valence-electron chi connectivity index (χ1n) is 6.71. The quantitative estimate of drug-likeness (QED) is 0.883. The predicted molar refractivity (Wildman–Crippen MR) is 75.8 cm³/mol.